The van der Waals surface area contributed by atoms with Crippen molar-refractivity contribution in [2.75, 3.05) is 6.54 Å². The summed E-state index contributed by atoms with van der Waals surface area (Å²) < 4.78 is 27.4. The number of carboxylic acids is 1. The fourth-order valence-electron chi connectivity index (χ4n) is 3.52. The third-order valence-electron chi connectivity index (χ3n) is 4.64. The molecule has 1 aromatic carbocycles. The Bertz CT molecular complexity index is 683. The van der Waals surface area contributed by atoms with Crippen molar-refractivity contribution < 1.29 is 18.3 Å². The Morgan fingerprint density at radius 2 is 2.14 bits per heavy atom. The molecule has 1 heterocycles. The molecule has 0 radical (unpaired) electrons. The lowest BCUT2D eigenvalue weighted by molar-refractivity contribution is 0.0696. The fraction of sp³-hybridized carbons (Fsp3) is 0.533. The molecule has 2 fully saturated rings. The molecule has 1 N–H and O–H groups in total. The van der Waals surface area contributed by atoms with Gasteiger partial charge in [-0.1, -0.05) is 13.0 Å². The van der Waals surface area contributed by atoms with E-state index < -0.39 is 16.0 Å². The molecule has 1 aromatic rings. The number of hydrogen-bond donors (Lipinski definition) is 1. The van der Waals surface area contributed by atoms with Crippen molar-refractivity contribution in [1.29, 1.82) is 0 Å². The molecule has 2 unspecified atom stereocenters. The van der Waals surface area contributed by atoms with E-state index in [-0.39, 0.29) is 16.5 Å². The van der Waals surface area contributed by atoms with Gasteiger partial charge in [-0.05, 0) is 49.3 Å². The van der Waals surface area contributed by atoms with Crippen LogP contribution in [-0.4, -0.2) is 36.4 Å². The van der Waals surface area contributed by atoms with Gasteiger partial charge in [-0.25, -0.2) is 13.2 Å². The molecule has 21 heavy (non-hydrogen) atoms. The standard InChI is InChI=1S/C15H19NO4S/c1-2-11-4-5-12(15(17)18)8-14(11)21(19,20)16-9-10-3-6-13(16)7-10/h4-5,8,10,13H,2-3,6-7,9H2,1H3,(H,17,18). The minimum absolute atomic E-state index is 0.0233. The summed E-state index contributed by atoms with van der Waals surface area (Å²) in [6.45, 7) is 2.46. The van der Waals surface area contributed by atoms with E-state index in [0.717, 1.165) is 19.3 Å². The van der Waals surface area contributed by atoms with Crippen molar-refractivity contribution >= 4 is 16.0 Å². The van der Waals surface area contributed by atoms with Crippen LogP contribution in [0.15, 0.2) is 23.1 Å². The molecule has 5 nitrogen and oxygen atoms in total. The summed E-state index contributed by atoms with van der Waals surface area (Å²) in [4.78, 5) is 11.3. The summed E-state index contributed by atoms with van der Waals surface area (Å²) in [5, 5.41) is 9.10. The molecule has 6 heteroatoms. The molecular formula is C15H19NO4S. The monoisotopic (exact) mass is 309 g/mol. The molecule has 114 valence electrons. The van der Waals surface area contributed by atoms with Gasteiger partial charge in [0.1, 0.15) is 0 Å². The second kappa shape index (κ2) is 5.10. The molecule has 1 aliphatic carbocycles. The van der Waals surface area contributed by atoms with Crippen LogP contribution in [0.2, 0.25) is 0 Å². The van der Waals surface area contributed by atoms with Crippen molar-refractivity contribution in [2.45, 2.75) is 43.5 Å². The quantitative estimate of drug-likeness (QED) is 0.924. The molecule has 2 bridgehead atoms. The highest BCUT2D eigenvalue weighted by atomic mass is 32.2. The largest absolute Gasteiger partial charge is 0.478 e. The Balaban J connectivity index is 2.05. The molecule has 2 atom stereocenters. The number of carboxylic acid groups (broad SMARTS) is 1. The van der Waals surface area contributed by atoms with Gasteiger partial charge in [0.15, 0.2) is 0 Å². The minimum Gasteiger partial charge on any atom is -0.478 e. The number of nitrogens with zero attached hydrogens (tertiary/aromatic N) is 1. The average Bonchev–Trinajstić information content (AvgIpc) is 3.09. The van der Waals surface area contributed by atoms with Crippen LogP contribution >= 0.6 is 0 Å². The number of aromatic carboxylic acids is 1. The zero-order chi connectivity index (χ0) is 15.2. The van der Waals surface area contributed by atoms with Gasteiger partial charge in [0, 0.05) is 12.6 Å². The lowest BCUT2D eigenvalue weighted by Crippen LogP contribution is -2.38. The van der Waals surface area contributed by atoms with Gasteiger partial charge in [-0.3, -0.25) is 0 Å². The summed E-state index contributed by atoms with van der Waals surface area (Å²) in [7, 11) is -3.60. The van der Waals surface area contributed by atoms with Crippen LogP contribution in [0.5, 0.6) is 0 Å². The van der Waals surface area contributed by atoms with Gasteiger partial charge in [-0.2, -0.15) is 4.31 Å². The maximum absolute atomic E-state index is 12.9. The Kier molecular flexibility index (Phi) is 3.53. The van der Waals surface area contributed by atoms with Crippen molar-refractivity contribution in [3.63, 3.8) is 0 Å². The first-order valence-corrected chi connectivity index (χ1v) is 8.75. The van der Waals surface area contributed by atoms with Gasteiger partial charge >= 0.3 is 5.97 Å². The highest BCUT2D eigenvalue weighted by molar-refractivity contribution is 7.89. The highest BCUT2D eigenvalue weighted by Gasteiger charge is 2.44. The molecule has 0 amide bonds. The van der Waals surface area contributed by atoms with E-state index in [1.165, 1.54) is 12.1 Å². The van der Waals surface area contributed by atoms with E-state index in [1.54, 1.807) is 10.4 Å². The first-order chi connectivity index (χ1) is 9.93. The fourth-order valence-corrected chi connectivity index (χ4v) is 5.58. The molecule has 3 rings (SSSR count). The van der Waals surface area contributed by atoms with Gasteiger partial charge in [0.25, 0.3) is 0 Å². The van der Waals surface area contributed by atoms with E-state index in [1.807, 2.05) is 6.92 Å². The molecule has 0 aromatic heterocycles. The van der Waals surface area contributed by atoms with Crippen LogP contribution < -0.4 is 0 Å². The van der Waals surface area contributed by atoms with E-state index >= 15 is 0 Å². The number of rotatable bonds is 4. The molecule has 0 spiro atoms. The van der Waals surface area contributed by atoms with Crippen molar-refractivity contribution in [3.8, 4) is 0 Å². The number of benzene rings is 1. The van der Waals surface area contributed by atoms with Gasteiger partial charge in [-0.15, -0.1) is 0 Å². The summed E-state index contributed by atoms with van der Waals surface area (Å²) >= 11 is 0. The van der Waals surface area contributed by atoms with Crippen molar-refractivity contribution in [3.05, 3.63) is 29.3 Å². The second-order valence-corrected chi connectivity index (χ2v) is 7.75. The number of carbonyl (C=O) groups is 1. The third kappa shape index (κ3) is 2.36. The lowest BCUT2D eigenvalue weighted by Gasteiger charge is -2.27. The first-order valence-electron chi connectivity index (χ1n) is 7.31. The van der Waals surface area contributed by atoms with E-state index in [0.29, 0.717) is 24.4 Å². The zero-order valence-electron chi connectivity index (χ0n) is 11.9. The summed E-state index contributed by atoms with van der Waals surface area (Å²) in [6.07, 6.45) is 3.53. The predicted molar refractivity (Wildman–Crippen MR) is 77.8 cm³/mol. The first kappa shape index (κ1) is 14.5. The van der Waals surface area contributed by atoms with Gasteiger partial charge in [0.2, 0.25) is 10.0 Å². The van der Waals surface area contributed by atoms with Crippen LogP contribution in [0.1, 0.15) is 42.1 Å². The molecule has 1 saturated heterocycles. The SMILES string of the molecule is CCc1ccc(C(=O)O)cc1S(=O)(=O)N1CC2CCC1C2. The summed E-state index contributed by atoms with van der Waals surface area (Å²) in [5.74, 6) is -0.630. The predicted octanol–water partition coefficient (Wildman–Crippen LogP) is 2.12. The molecule has 1 saturated carbocycles. The minimum atomic E-state index is -3.60. The maximum atomic E-state index is 12.9. The smallest absolute Gasteiger partial charge is 0.335 e. The Morgan fingerprint density at radius 1 is 1.38 bits per heavy atom. The van der Waals surface area contributed by atoms with Gasteiger partial charge in [0.05, 0.1) is 10.5 Å². The number of hydrogen-bond acceptors (Lipinski definition) is 3. The van der Waals surface area contributed by atoms with Crippen LogP contribution in [0.25, 0.3) is 0 Å². The Labute approximate surface area is 124 Å². The van der Waals surface area contributed by atoms with E-state index in [2.05, 4.69) is 0 Å². The summed E-state index contributed by atoms with van der Waals surface area (Å²) in [6, 6.07) is 4.49. The Morgan fingerprint density at radius 3 is 2.67 bits per heavy atom. The Hall–Kier alpha value is -1.40. The number of piperidine rings is 1. The zero-order valence-corrected chi connectivity index (χ0v) is 12.8. The number of sulfonamides is 1. The molecular weight excluding hydrogens is 290 g/mol. The van der Waals surface area contributed by atoms with Crippen molar-refractivity contribution in [2.24, 2.45) is 5.92 Å². The highest BCUT2D eigenvalue weighted by Crippen LogP contribution is 2.41. The van der Waals surface area contributed by atoms with Crippen LogP contribution in [-0.2, 0) is 16.4 Å². The van der Waals surface area contributed by atoms with Crippen LogP contribution in [0.3, 0.4) is 0 Å². The topological polar surface area (TPSA) is 74.7 Å². The van der Waals surface area contributed by atoms with Crippen molar-refractivity contribution in [1.82, 2.24) is 4.31 Å². The number of aryl methyl sites for hydroxylation is 1. The molecule has 2 aliphatic rings. The maximum Gasteiger partial charge on any atom is 0.335 e. The summed E-state index contributed by atoms with van der Waals surface area (Å²) in [5.41, 5.74) is 0.706. The van der Waals surface area contributed by atoms with E-state index in [4.69, 9.17) is 5.11 Å². The van der Waals surface area contributed by atoms with E-state index in [9.17, 15) is 13.2 Å². The average molecular weight is 309 g/mol. The lowest BCUT2D eigenvalue weighted by atomic mass is 10.1. The van der Waals surface area contributed by atoms with Crippen LogP contribution in [0.4, 0.5) is 0 Å². The van der Waals surface area contributed by atoms with Crippen LogP contribution in [0, 0.1) is 5.92 Å². The third-order valence-corrected chi connectivity index (χ3v) is 6.64. The second-order valence-electron chi connectivity index (χ2n) is 5.89. The number of fused-ring (bicyclic) bond motifs is 2. The van der Waals surface area contributed by atoms with Gasteiger partial charge < -0.3 is 5.11 Å². The normalized spacial score (nSPS) is 25.4. The molecule has 1 aliphatic heterocycles.